The molecule has 286 valence electrons. The second-order valence-electron chi connectivity index (χ2n) is 14.9. The molecule has 1 atom stereocenters. The zero-order valence-electron chi connectivity index (χ0n) is 31.4. The number of amides is 3. The Morgan fingerprint density at radius 3 is 2.55 bits per heavy atom. The van der Waals surface area contributed by atoms with Crippen LogP contribution in [0.3, 0.4) is 0 Å². The molecule has 2 saturated heterocycles. The van der Waals surface area contributed by atoms with Crippen LogP contribution in [0.1, 0.15) is 69.0 Å². The Labute approximate surface area is 324 Å². The summed E-state index contributed by atoms with van der Waals surface area (Å²) in [7, 11) is 0. The highest BCUT2D eigenvalue weighted by Crippen LogP contribution is 2.37. The zero-order chi connectivity index (χ0) is 38.6. The first kappa shape index (κ1) is 36.6. The van der Waals surface area contributed by atoms with E-state index in [2.05, 4.69) is 70.1 Å². The number of nitrogens with zero attached hydrogens (tertiary/aromatic N) is 12. The average Bonchev–Trinajstić information content (AvgIpc) is 3.82. The molecule has 2 aliphatic heterocycles. The summed E-state index contributed by atoms with van der Waals surface area (Å²) in [5, 5.41) is 38.8. The van der Waals surface area contributed by atoms with Crippen LogP contribution in [0.4, 0.5) is 21.9 Å². The Hall–Kier alpha value is -6.39. The van der Waals surface area contributed by atoms with E-state index in [0.717, 1.165) is 87.3 Å². The molecule has 0 spiro atoms. The molecule has 3 amide bonds. The van der Waals surface area contributed by atoms with Gasteiger partial charge in [-0.2, -0.15) is 20.3 Å². The lowest BCUT2D eigenvalue weighted by Crippen LogP contribution is -2.49. The third kappa shape index (κ3) is 7.87. The summed E-state index contributed by atoms with van der Waals surface area (Å²) in [6, 6.07) is 15.2. The highest BCUT2D eigenvalue weighted by atomic mass is 16.2. The molecule has 4 aromatic heterocycles. The van der Waals surface area contributed by atoms with Gasteiger partial charge in [0.25, 0.3) is 0 Å². The molecule has 3 fully saturated rings. The van der Waals surface area contributed by atoms with Crippen molar-refractivity contribution in [1.82, 2.24) is 45.0 Å². The lowest BCUT2D eigenvalue weighted by molar-refractivity contribution is -0.120. The maximum absolute atomic E-state index is 12.3. The number of nitrogens with one attached hydrogen (secondary N) is 2. The van der Waals surface area contributed by atoms with Crippen molar-refractivity contribution in [3.05, 3.63) is 72.4 Å². The van der Waals surface area contributed by atoms with E-state index in [0.29, 0.717) is 53.2 Å². The van der Waals surface area contributed by atoms with Gasteiger partial charge in [-0.05, 0) is 94.8 Å². The lowest BCUT2D eigenvalue weighted by atomic mass is 9.79. The average molecular weight is 753 g/mol. The highest BCUT2D eigenvalue weighted by molar-refractivity contribution is 6.05. The number of fused-ring (bicyclic) bond motifs is 1. The third-order valence-electron chi connectivity index (χ3n) is 11.2. The highest BCUT2D eigenvalue weighted by Gasteiger charge is 2.27. The van der Waals surface area contributed by atoms with Crippen molar-refractivity contribution in [2.45, 2.75) is 63.8 Å². The van der Waals surface area contributed by atoms with Crippen LogP contribution in [0, 0.1) is 28.6 Å². The Morgan fingerprint density at radius 2 is 1.77 bits per heavy atom. The molecule has 5 aromatic rings. The summed E-state index contributed by atoms with van der Waals surface area (Å²) in [5.41, 5.74) is 5.31. The fraction of sp³-hybridized carbons (Fsp3) is 0.425. The van der Waals surface area contributed by atoms with E-state index in [1.807, 2.05) is 24.4 Å². The second-order valence-corrected chi connectivity index (χ2v) is 14.9. The van der Waals surface area contributed by atoms with Gasteiger partial charge in [0.2, 0.25) is 5.91 Å². The van der Waals surface area contributed by atoms with E-state index in [-0.39, 0.29) is 11.9 Å². The van der Waals surface area contributed by atoms with Crippen molar-refractivity contribution in [3.8, 4) is 23.6 Å². The summed E-state index contributed by atoms with van der Waals surface area (Å²) in [6.45, 7) is 7.37. The van der Waals surface area contributed by atoms with Crippen LogP contribution in [-0.2, 0) is 4.79 Å². The van der Waals surface area contributed by atoms with Crippen molar-refractivity contribution < 1.29 is 9.59 Å². The van der Waals surface area contributed by atoms with Gasteiger partial charge in [0.1, 0.15) is 17.8 Å². The Morgan fingerprint density at radius 1 is 0.946 bits per heavy atom. The first-order valence-corrected chi connectivity index (χ1v) is 19.4. The van der Waals surface area contributed by atoms with Crippen molar-refractivity contribution in [2.24, 2.45) is 5.92 Å². The molecular weight excluding hydrogens is 709 g/mol. The molecule has 0 radical (unpaired) electrons. The number of nitriles is 2. The van der Waals surface area contributed by atoms with Crippen LogP contribution in [0.5, 0.6) is 0 Å². The number of urea groups is 1. The molecule has 6 heterocycles. The molecule has 16 heteroatoms. The van der Waals surface area contributed by atoms with Crippen molar-refractivity contribution in [2.75, 3.05) is 54.4 Å². The number of hydrogen-bond acceptors (Lipinski definition) is 12. The molecule has 0 bridgehead atoms. The van der Waals surface area contributed by atoms with E-state index >= 15 is 0 Å². The first-order valence-electron chi connectivity index (χ1n) is 19.4. The molecule has 1 aromatic carbocycles. The van der Waals surface area contributed by atoms with Gasteiger partial charge in [0.05, 0.1) is 41.6 Å². The molecule has 3 aliphatic rings. The summed E-state index contributed by atoms with van der Waals surface area (Å²) in [5.74, 6) is 1.32. The van der Waals surface area contributed by atoms with Gasteiger partial charge in [0, 0.05) is 67.5 Å². The summed E-state index contributed by atoms with van der Waals surface area (Å²) in [6.07, 6.45) is 13.9. The van der Waals surface area contributed by atoms with Gasteiger partial charge in [-0.25, -0.2) is 19.4 Å². The van der Waals surface area contributed by atoms with Crippen molar-refractivity contribution in [1.29, 1.82) is 10.5 Å². The van der Waals surface area contributed by atoms with Crippen LogP contribution in [0.25, 0.3) is 22.5 Å². The fourth-order valence-electron chi connectivity index (χ4n) is 8.07. The second kappa shape index (κ2) is 16.1. The van der Waals surface area contributed by atoms with Crippen molar-refractivity contribution in [3.63, 3.8) is 0 Å². The SMILES string of the molecule is C[C@H](C#N)Nc1cc(-n2ncc3cc(C#N)cnc32)ncc1-n1cc(C2CCC(CCN3CCCN(c4ccc(N5CCC(=O)NC5=O)cc4)CC3)CC2)nn1. The van der Waals surface area contributed by atoms with Gasteiger partial charge in [-0.15, -0.1) is 5.10 Å². The first-order chi connectivity index (χ1) is 27.3. The van der Waals surface area contributed by atoms with Crippen LogP contribution < -0.4 is 20.4 Å². The Bertz CT molecular complexity index is 2300. The van der Waals surface area contributed by atoms with Crippen LogP contribution >= 0.6 is 0 Å². The van der Waals surface area contributed by atoms with Gasteiger partial charge >= 0.3 is 6.03 Å². The van der Waals surface area contributed by atoms with Gasteiger partial charge in [-0.3, -0.25) is 15.0 Å². The van der Waals surface area contributed by atoms with Crippen LogP contribution in [0.2, 0.25) is 0 Å². The number of benzene rings is 1. The predicted octanol–water partition coefficient (Wildman–Crippen LogP) is 4.91. The van der Waals surface area contributed by atoms with Crippen LogP contribution in [0.15, 0.2) is 61.2 Å². The minimum atomic E-state index is -0.467. The van der Waals surface area contributed by atoms with Gasteiger partial charge in [-0.1, -0.05) is 5.21 Å². The molecule has 8 rings (SSSR count). The number of hydrogen-bond donors (Lipinski definition) is 2. The topological polar surface area (TPSA) is 190 Å². The smallest absolute Gasteiger partial charge is 0.328 e. The maximum Gasteiger partial charge on any atom is 0.328 e. The molecule has 56 heavy (non-hydrogen) atoms. The van der Waals surface area contributed by atoms with Gasteiger partial charge < -0.3 is 15.1 Å². The number of imide groups is 1. The minimum Gasteiger partial charge on any atom is -0.370 e. The third-order valence-corrected chi connectivity index (χ3v) is 11.2. The van der Waals surface area contributed by atoms with E-state index in [1.165, 1.54) is 12.6 Å². The molecular formula is C40H44N14O2. The van der Waals surface area contributed by atoms with E-state index in [4.69, 9.17) is 0 Å². The van der Waals surface area contributed by atoms with Crippen LogP contribution in [-0.4, -0.2) is 96.9 Å². The van der Waals surface area contributed by atoms with Crippen molar-refractivity contribution >= 4 is 40.0 Å². The summed E-state index contributed by atoms with van der Waals surface area (Å²) >= 11 is 0. The zero-order valence-corrected chi connectivity index (χ0v) is 31.4. The quantitative estimate of drug-likeness (QED) is 0.196. The predicted molar refractivity (Wildman–Crippen MR) is 210 cm³/mol. The number of carbonyl (C=O) groups excluding carboxylic acids is 2. The van der Waals surface area contributed by atoms with E-state index in [9.17, 15) is 20.1 Å². The molecule has 16 nitrogen and oxygen atoms in total. The number of rotatable bonds is 10. The normalized spacial score (nSPS) is 19.9. The summed E-state index contributed by atoms with van der Waals surface area (Å²) in [4.78, 5) is 39.5. The largest absolute Gasteiger partial charge is 0.370 e. The standard InChI is InChI=1S/C40H44N14O2/c1-27(21-41)46-34-20-37(54-39-31(24-45-54)19-29(22-42)23-44-39)43-25-36(34)53-26-35(48-49-53)30-5-3-28(4-6-30)11-15-50-13-2-14-51(18-17-50)32-7-9-33(10-8-32)52-16-12-38(55)47-40(52)56/h7-10,19-20,23-28,30H,2-6,11-18H2,1H3,(H,43,46)(H,47,55,56)/t27-,28?,30?/m1/s1. The number of carbonyl (C=O) groups is 2. The number of aromatic nitrogens is 7. The number of pyridine rings is 2. The number of anilines is 3. The Balaban J connectivity index is 0.845. The lowest BCUT2D eigenvalue weighted by Gasteiger charge is -2.29. The molecule has 2 N–H and O–H groups in total. The molecule has 1 aliphatic carbocycles. The maximum atomic E-state index is 12.3. The van der Waals surface area contributed by atoms with E-state index in [1.54, 1.807) is 39.6 Å². The Kier molecular flexibility index (Phi) is 10.5. The minimum absolute atomic E-state index is 0.224. The van der Waals surface area contributed by atoms with E-state index < -0.39 is 6.04 Å². The monoisotopic (exact) mass is 752 g/mol. The van der Waals surface area contributed by atoms with Gasteiger partial charge in [0.15, 0.2) is 11.5 Å². The fourth-order valence-corrected chi connectivity index (χ4v) is 8.07. The molecule has 0 unspecified atom stereocenters. The molecule has 1 saturated carbocycles. The summed E-state index contributed by atoms with van der Waals surface area (Å²) < 4.78 is 3.35.